The van der Waals surface area contributed by atoms with Crippen LogP contribution >= 0.6 is 55.2 Å². The van der Waals surface area contributed by atoms with E-state index in [1.54, 1.807) is 12.2 Å². The molecule has 0 saturated carbocycles. The molecular formula is C20H15Br2ClN2O2S. The zero-order valence-electron chi connectivity index (χ0n) is 14.8. The lowest BCUT2D eigenvalue weighted by molar-refractivity contribution is -0.115. The standard InChI is InChI=1S/C20H15Br2ClN2O2S/c1-3-7-27-18-13(21)8-12(9-14(18)22)10-17-19(26)25-20(28-17)24-16-6-4-5-15(23)11(16)2/h3-6,8-10H,1,7H2,2H3,(H,24,25,26)/b17-10-. The lowest BCUT2D eigenvalue weighted by atomic mass is 10.2. The number of amidine groups is 1. The second-order valence-corrected chi connectivity index (χ2v) is 8.93. The zero-order chi connectivity index (χ0) is 20.3. The number of ether oxygens (including phenoxy) is 1. The second kappa shape index (κ2) is 9.31. The van der Waals surface area contributed by atoms with Crippen LogP contribution in [-0.4, -0.2) is 17.7 Å². The maximum absolute atomic E-state index is 12.3. The van der Waals surface area contributed by atoms with Crippen molar-refractivity contribution in [3.8, 4) is 5.75 Å². The van der Waals surface area contributed by atoms with E-state index in [2.05, 4.69) is 48.7 Å². The summed E-state index contributed by atoms with van der Waals surface area (Å²) in [5.41, 5.74) is 2.44. The zero-order valence-corrected chi connectivity index (χ0v) is 19.5. The summed E-state index contributed by atoms with van der Waals surface area (Å²) in [6.07, 6.45) is 3.48. The van der Waals surface area contributed by atoms with E-state index in [0.717, 1.165) is 25.8 Å². The summed E-state index contributed by atoms with van der Waals surface area (Å²) in [5.74, 6) is 0.493. The Morgan fingerprint density at radius 2 is 2.04 bits per heavy atom. The molecule has 2 aromatic carbocycles. The Balaban J connectivity index is 1.86. The van der Waals surface area contributed by atoms with Gasteiger partial charge in [0.1, 0.15) is 12.4 Å². The van der Waals surface area contributed by atoms with Crippen LogP contribution in [-0.2, 0) is 4.79 Å². The predicted molar refractivity (Wildman–Crippen MR) is 125 cm³/mol. The van der Waals surface area contributed by atoms with Gasteiger partial charge in [-0.05, 0) is 92.0 Å². The van der Waals surface area contributed by atoms with Crippen molar-refractivity contribution in [1.29, 1.82) is 0 Å². The van der Waals surface area contributed by atoms with E-state index in [1.165, 1.54) is 11.8 Å². The van der Waals surface area contributed by atoms with E-state index in [0.29, 0.717) is 27.5 Å². The van der Waals surface area contributed by atoms with E-state index in [-0.39, 0.29) is 5.91 Å². The Morgan fingerprint density at radius 3 is 2.71 bits per heavy atom. The van der Waals surface area contributed by atoms with Crippen molar-refractivity contribution >= 4 is 78.1 Å². The van der Waals surface area contributed by atoms with Gasteiger partial charge >= 0.3 is 0 Å². The van der Waals surface area contributed by atoms with E-state index in [9.17, 15) is 4.79 Å². The molecule has 1 aliphatic rings. The average Bonchev–Trinajstić information content (AvgIpc) is 2.97. The Labute approximate surface area is 189 Å². The van der Waals surface area contributed by atoms with E-state index >= 15 is 0 Å². The number of nitrogens with one attached hydrogen (secondary N) is 1. The molecule has 0 atom stereocenters. The molecule has 1 amide bonds. The van der Waals surface area contributed by atoms with E-state index in [1.807, 2.05) is 37.3 Å². The van der Waals surface area contributed by atoms with Crippen LogP contribution in [0.15, 0.2) is 61.8 Å². The summed E-state index contributed by atoms with van der Waals surface area (Å²) >= 11 is 14.4. The third kappa shape index (κ3) is 4.89. The van der Waals surface area contributed by atoms with Gasteiger partial charge in [-0.25, -0.2) is 4.99 Å². The molecule has 2 aromatic rings. The van der Waals surface area contributed by atoms with Crippen molar-refractivity contribution in [3.63, 3.8) is 0 Å². The van der Waals surface area contributed by atoms with E-state index < -0.39 is 0 Å². The van der Waals surface area contributed by atoms with Crippen molar-refractivity contribution < 1.29 is 9.53 Å². The van der Waals surface area contributed by atoms with Gasteiger partial charge in [-0.3, -0.25) is 4.79 Å². The van der Waals surface area contributed by atoms with Gasteiger partial charge in [0.05, 0.1) is 19.5 Å². The van der Waals surface area contributed by atoms with Gasteiger partial charge in [0.25, 0.3) is 5.91 Å². The third-order valence-corrected chi connectivity index (χ3v) is 6.27. The number of carbonyl (C=O) groups is 1. The Morgan fingerprint density at radius 1 is 1.32 bits per heavy atom. The molecule has 0 spiro atoms. The number of rotatable bonds is 5. The first-order chi connectivity index (χ1) is 13.4. The fourth-order valence-electron chi connectivity index (χ4n) is 2.40. The molecule has 28 heavy (non-hydrogen) atoms. The molecule has 0 aliphatic carbocycles. The lowest BCUT2D eigenvalue weighted by Gasteiger charge is -2.09. The van der Waals surface area contributed by atoms with Gasteiger partial charge in [0.2, 0.25) is 0 Å². The minimum atomic E-state index is -0.192. The molecule has 0 radical (unpaired) electrons. The summed E-state index contributed by atoms with van der Waals surface area (Å²) in [5, 5.41) is 3.95. The first kappa shape index (κ1) is 21.2. The van der Waals surface area contributed by atoms with Crippen molar-refractivity contribution in [3.05, 3.63) is 73.0 Å². The van der Waals surface area contributed by atoms with Crippen molar-refractivity contribution in [2.24, 2.45) is 4.99 Å². The molecule has 4 nitrogen and oxygen atoms in total. The molecule has 0 unspecified atom stereocenters. The van der Waals surface area contributed by atoms with Crippen molar-refractivity contribution in [2.45, 2.75) is 6.92 Å². The summed E-state index contributed by atoms with van der Waals surface area (Å²) in [6.45, 7) is 5.94. The number of hydrogen-bond donors (Lipinski definition) is 1. The van der Waals surface area contributed by atoms with Crippen molar-refractivity contribution in [2.75, 3.05) is 6.61 Å². The maximum Gasteiger partial charge on any atom is 0.264 e. The summed E-state index contributed by atoms with van der Waals surface area (Å²) in [4.78, 5) is 17.4. The average molecular weight is 543 g/mol. The molecule has 0 bridgehead atoms. The summed E-state index contributed by atoms with van der Waals surface area (Å²) in [6, 6.07) is 9.28. The Bertz CT molecular complexity index is 998. The van der Waals surface area contributed by atoms with Crippen LogP contribution in [0.4, 0.5) is 5.69 Å². The van der Waals surface area contributed by atoms with Crippen LogP contribution in [0.5, 0.6) is 5.75 Å². The molecule has 1 heterocycles. The van der Waals surface area contributed by atoms with Crippen LogP contribution in [0.1, 0.15) is 11.1 Å². The normalized spacial score (nSPS) is 16.5. The van der Waals surface area contributed by atoms with Crippen LogP contribution in [0.2, 0.25) is 5.02 Å². The summed E-state index contributed by atoms with van der Waals surface area (Å²) < 4.78 is 7.18. The quantitative estimate of drug-likeness (QED) is 0.341. The highest BCUT2D eigenvalue weighted by Gasteiger charge is 2.24. The number of thioether (sulfide) groups is 1. The highest BCUT2D eigenvalue weighted by molar-refractivity contribution is 9.11. The first-order valence-electron chi connectivity index (χ1n) is 8.16. The molecular weight excluding hydrogens is 528 g/mol. The number of hydrogen-bond acceptors (Lipinski definition) is 4. The SMILES string of the molecule is C=CCOc1c(Br)cc(/C=C2\SC(=Nc3cccc(Cl)c3C)NC2=O)cc1Br. The molecule has 1 aliphatic heterocycles. The molecule has 1 saturated heterocycles. The lowest BCUT2D eigenvalue weighted by Crippen LogP contribution is -2.19. The maximum atomic E-state index is 12.3. The van der Waals surface area contributed by atoms with Crippen LogP contribution in [0, 0.1) is 6.92 Å². The number of nitrogens with zero attached hydrogens (tertiary/aromatic N) is 1. The number of amides is 1. The minimum absolute atomic E-state index is 0.192. The third-order valence-electron chi connectivity index (χ3n) is 3.78. The largest absolute Gasteiger partial charge is 0.487 e. The number of benzene rings is 2. The highest BCUT2D eigenvalue weighted by Crippen LogP contribution is 2.37. The molecule has 1 fully saturated rings. The smallest absolute Gasteiger partial charge is 0.264 e. The van der Waals surface area contributed by atoms with Gasteiger partial charge in [-0.1, -0.05) is 30.3 Å². The predicted octanol–water partition coefficient (Wildman–Crippen LogP) is 6.63. The molecule has 144 valence electrons. The number of aliphatic imine (C=N–C) groups is 1. The molecule has 1 N–H and O–H groups in total. The highest BCUT2D eigenvalue weighted by atomic mass is 79.9. The fourth-order valence-corrected chi connectivity index (χ4v) is 4.86. The van der Waals surface area contributed by atoms with Gasteiger partial charge < -0.3 is 10.1 Å². The molecule has 3 rings (SSSR count). The number of carbonyl (C=O) groups excluding carboxylic acids is 1. The van der Waals surface area contributed by atoms with Gasteiger partial charge in [-0.15, -0.1) is 0 Å². The molecule has 0 aromatic heterocycles. The topological polar surface area (TPSA) is 50.7 Å². The van der Waals surface area contributed by atoms with Gasteiger partial charge in [0.15, 0.2) is 5.17 Å². The van der Waals surface area contributed by atoms with Crippen LogP contribution in [0.3, 0.4) is 0 Å². The second-order valence-electron chi connectivity index (χ2n) is 5.78. The Kier molecular flexibility index (Phi) is 7.04. The number of halogens is 3. The van der Waals surface area contributed by atoms with Crippen molar-refractivity contribution in [1.82, 2.24) is 5.32 Å². The fraction of sp³-hybridized carbons (Fsp3) is 0.100. The summed E-state index contributed by atoms with van der Waals surface area (Å²) in [7, 11) is 0. The van der Waals surface area contributed by atoms with E-state index in [4.69, 9.17) is 16.3 Å². The van der Waals surface area contributed by atoms with Crippen LogP contribution in [0.25, 0.3) is 6.08 Å². The van der Waals surface area contributed by atoms with Crippen LogP contribution < -0.4 is 10.1 Å². The van der Waals surface area contributed by atoms with Gasteiger partial charge in [0, 0.05) is 5.02 Å². The minimum Gasteiger partial charge on any atom is -0.487 e. The molecule has 8 heteroatoms. The Hall–Kier alpha value is -1.54. The first-order valence-corrected chi connectivity index (χ1v) is 10.9. The monoisotopic (exact) mass is 540 g/mol. The van der Waals surface area contributed by atoms with Gasteiger partial charge in [-0.2, -0.15) is 0 Å².